The van der Waals surface area contributed by atoms with Crippen LogP contribution in [0.2, 0.25) is 0 Å². The molecule has 0 aromatic carbocycles. The fraction of sp³-hybridized carbons (Fsp3) is 0.750. The smallest absolute Gasteiger partial charge is 0.0677 e. The van der Waals surface area contributed by atoms with Crippen LogP contribution in [0, 0.1) is 5.92 Å². The minimum Gasteiger partial charge on any atom is -0.369 e. The molecule has 2 atom stereocenters. The number of rotatable bonds is 5. The van der Waals surface area contributed by atoms with Crippen molar-refractivity contribution in [1.29, 1.82) is 0 Å². The zero-order chi connectivity index (χ0) is 14.1. The highest BCUT2D eigenvalue weighted by atomic mass is 32.1. The third-order valence-electron chi connectivity index (χ3n) is 4.20. The van der Waals surface area contributed by atoms with Crippen molar-refractivity contribution in [3.8, 4) is 0 Å². The first-order valence-electron chi connectivity index (χ1n) is 7.28. The molecular formula is C16H27NOS. The summed E-state index contributed by atoms with van der Waals surface area (Å²) in [6, 6.07) is 4.58. The van der Waals surface area contributed by atoms with E-state index < -0.39 is 0 Å². The van der Waals surface area contributed by atoms with Crippen LogP contribution in [0.1, 0.15) is 51.8 Å². The summed E-state index contributed by atoms with van der Waals surface area (Å²) in [4.78, 5) is 1.47. The molecule has 1 aromatic rings. The van der Waals surface area contributed by atoms with Gasteiger partial charge in [-0.3, -0.25) is 0 Å². The lowest BCUT2D eigenvalue weighted by Gasteiger charge is -2.31. The summed E-state index contributed by atoms with van der Waals surface area (Å²) in [6.07, 6.45) is 4.49. The summed E-state index contributed by atoms with van der Waals surface area (Å²) < 4.78 is 6.14. The van der Waals surface area contributed by atoms with Crippen molar-refractivity contribution in [3.63, 3.8) is 0 Å². The molecule has 108 valence electrons. The van der Waals surface area contributed by atoms with Gasteiger partial charge in [0.15, 0.2) is 0 Å². The summed E-state index contributed by atoms with van der Waals surface area (Å²) >= 11 is 1.84. The fourth-order valence-electron chi connectivity index (χ4n) is 3.44. The number of ether oxygens (including phenoxy) is 1. The maximum atomic E-state index is 6.44. The summed E-state index contributed by atoms with van der Waals surface area (Å²) in [5.41, 5.74) is 6.32. The Kier molecular flexibility index (Phi) is 4.38. The fourth-order valence-corrected chi connectivity index (χ4v) is 4.19. The Labute approximate surface area is 121 Å². The molecule has 1 saturated heterocycles. The van der Waals surface area contributed by atoms with E-state index in [9.17, 15) is 0 Å². The SMILES string of the molecule is CC1(C)CC(C(N)CCCc2cccs2)C(C)(C)O1. The lowest BCUT2D eigenvalue weighted by molar-refractivity contribution is -0.0767. The standard InChI is InChI=1S/C16H27NOS/c1-15(2)11-13(16(3,4)18-15)14(17)9-5-7-12-8-6-10-19-12/h6,8,10,13-14H,5,7,9,11,17H2,1-4H3. The average Bonchev–Trinajstić information content (AvgIpc) is 2.83. The zero-order valence-corrected chi connectivity index (χ0v) is 13.4. The molecule has 0 radical (unpaired) electrons. The van der Waals surface area contributed by atoms with Gasteiger partial charge in [0, 0.05) is 16.8 Å². The van der Waals surface area contributed by atoms with Crippen LogP contribution in [0.25, 0.3) is 0 Å². The molecule has 1 aromatic heterocycles. The van der Waals surface area contributed by atoms with E-state index in [-0.39, 0.29) is 17.2 Å². The summed E-state index contributed by atoms with van der Waals surface area (Å²) in [5, 5.41) is 2.14. The minimum absolute atomic E-state index is 0.0282. The van der Waals surface area contributed by atoms with E-state index >= 15 is 0 Å². The van der Waals surface area contributed by atoms with E-state index in [0.717, 1.165) is 19.3 Å². The summed E-state index contributed by atoms with van der Waals surface area (Å²) in [7, 11) is 0. The van der Waals surface area contributed by atoms with E-state index in [1.54, 1.807) is 0 Å². The molecule has 1 aliphatic rings. The number of thiophene rings is 1. The van der Waals surface area contributed by atoms with Crippen LogP contribution < -0.4 is 5.73 Å². The molecule has 0 aliphatic carbocycles. The monoisotopic (exact) mass is 281 g/mol. The normalized spacial score (nSPS) is 26.5. The predicted molar refractivity (Wildman–Crippen MR) is 82.6 cm³/mol. The van der Waals surface area contributed by atoms with Gasteiger partial charge in [-0.05, 0) is 64.8 Å². The van der Waals surface area contributed by atoms with Gasteiger partial charge in [-0.25, -0.2) is 0 Å². The van der Waals surface area contributed by atoms with Gasteiger partial charge in [0.1, 0.15) is 0 Å². The maximum Gasteiger partial charge on any atom is 0.0677 e. The van der Waals surface area contributed by atoms with Crippen molar-refractivity contribution in [1.82, 2.24) is 0 Å². The molecule has 2 heterocycles. The highest BCUT2D eigenvalue weighted by Crippen LogP contribution is 2.43. The lowest BCUT2D eigenvalue weighted by atomic mass is 9.80. The van der Waals surface area contributed by atoms with Gasteiger partial charge in [-0.2, -0.15) is 0 Å². The second kappa shape index (κ2) is 5.55. The second-order valence-corrected chi connectivity index (χ2v) is 7.94. The number of aryl methyl sites for hydroxylation is 1. The molecule has 19 heavy (non-hydrogen) atoms. The van der Waals surface area contributed by atoms with Gasteiger partial charge in [-0.1, -0.05) is 6.07 Å². The third kappa shape index (κ3) is 3.80. The Morgan fingerprint density at radius 2 is 2.16 bits per heavy atom. The first-order valence-corrected chi connectivity index (χ1v) is 8.16. The van der Waals surface area contributed by atoms with Crippen molar-refractivity contribution in [2.75, 3.05) is 0 Å². The Morgan fingerprint density at radius 1 is 1.42 bits per heavy atom. The molecular weight excluding hydrogens is 254 g/mol. The Bertz CT molecular complexity index is 397. The van der Waals surface area contributed by atoms with Crippen molar-refractivity contribution >= 4 is 11.3 Å². The molecule has 0 spiro atoms. The van der Waals surface area contributed by atoms with E-state index in [4.69, 9.17) is 10.5 Å². The quantitative estimate of drug-likeness (QED) is 0.885. The summed E-state index contributed by atoms with van der Waals surface area (Å²) in [5.74, 6) is 0.464. The van der Waals surface area contributed by atoms with Gasteiger partial charge in [-0.15, -0.1) is 11.3 Å². The van der Waals surface area contributed by atoms with Crippen LogP contribution in [0.15, 0.2) is 17.5 Å². The Morgan fingerprint density at radius 3 is 2.68 bits per heavy atom. The molecule has 2 nitrogen and oxygen atoms in total. The zero-order valence-electron chi connectivity index (χ0n) is 12.6. The largest absolute Gasteiger partial charge is 0.369 e. The minimum atomic E-state index is -0.0914. The van der Waals surface area contributed by atoms with E-state index in [1.165, 1.54) is 11.3 Å². The molecule has 2 rings (SSSR count). The topological polar surface area (TPSA) is 35.2 Å². The van der Waals surface area contributed by atoms with E-state index in [1.807, 2.05) is 11.3 Å². The van der Waals surface area contributed by atoms with E-state index in [2.05, 4.69) is 45.2 Å². The molecule has 0 amide bonds. The van der Waals surface area contributed by atoms with Crippen molar-refractivity contribution in [2.45, 2.75) is 70.6 Å². The average molecular weight is 281 g/mol. The first kappa shape index (κ1) is 15.0. The number of hydrogen-bond donors (Lipinski definition) is 1. The molecule has 1 fully saturated rings. The first-order chi connectivity index (χ1) is 8.80. The second-order valence-electron chi connectivity index (χ2n) is 6.91. The van der Waals surface area contributed by atoms with Gasteiger partial charge >= 0.3 is 0 Å². The molecule has 0 bridgehead atoms. The van der Waals surface area contributed by atoms with E-state index in [0.29, 0.717) is 5.92 Å². The van der Waals surface area contributed by atoms with Crippen molar-refractivity contribution < 1.29 is 4.74 Å². The van der Waals surface area contributed by atoms with Gasteiger partial charge < -0.3 is 10.5 Å². The molecule has 2 N–H and O–H groups in total. The molecule has 2 unspecified atom stereocenters. The predicted octanol–water partition coefficient (Wildman–Crippen LogP) is 3.99. The van der Waals surface area contributed by atoms with Crippen LogP contribution in [0.3, 0.4) is 0 Å². The Balaban J connectivity index is 1.84. The van der Waals surface area contributed by atoms with Crippen molar-refractivity contribution in [3.05, 3.63) is 22.4 Å². The Hall–Kier alpha value is -0.380. The highest BCUT2D eigenvalue weighted by Gasteiger charge is 2.47. The number of nitrogens with two attached hydrogens (primary N) is 1. The molecule has 3 heteroatoms. The van der Waals surface area contributed by atoms with Crippen LogP contribution in [-0.4, -0.2) is 17.2 Å². The van der Waals surface area contributed by atoms with Crippen LogP contribution in [0.4, 0.5) is 0 Å². The highest BCUT2D eigenvalue weighted by molar-refractivity contribution is 7.09. The maximum absolute atomic E-state index is 6.44. The van der Waals surface area contributed by atoms with Gasteiger partial charge in [0.25, 0.3) is 0 Å². The number of hydrogen-bond acceptors (Lipinski definition) is 3. The lowest BCUT2D eigenvalue weighted by Crippen LogP contribution is -2.41. The molecule has 0 saturated carbocycles. The molecule has 1 aliphatic heterocycles. The van der Waals surface area contributed by atoms with Gasteiger partial charge in [0.2, 0.25) is 0 Å². The van der Waals surface area contributed by atoms with Gasteiger partial charge in [0.05, 0.1) is 11.2 Å². The summed E-state index contributed by atoms with van der Waals surface area (Å²) in [6.45, 7) is 8.72. The van der Waals surface area contributed by atoms with Crippen LogP contribution in [-0.2, 0) is 11.2 Å². The van der Waals surface area contributed by atoms with Crippen LogP contribution in [0.5, 0.6) is 0 Å². The van der Waals surface area contributed by atoms with Crippen LogP contribution >= 0.6 is 11.3 Å². The third-order valence-corrected chi connectivity index (χ3v) is 5.14. The van der Waals surface area contributed by atoms with Crippen molar-refractivity contribution in [2.24, 2.45) is 11.7 Å².